The van der Waals surface area contributed by atoms with Gasteiger partial charge in [-0.3, -0.25) is 9.52 Å². The van der Waals surface area contributed by atoms with E-state index in [9.17, 15) is 13.2 Å². The van der Waals surface area contributed by atoms with Crippen molar-refractivity contribution in [3.63, 3.8) is 0 Å². The molecule has 152 valence electrons. The number of H-pyrrole nitrogens is 1. The number of nitrogens with one attached hydrogen (secondary N) is 2. The van der Waals surface area contributed by atoms with Gasteiger partial charge in [0.2, 0.25) is 0 Å². The van der Waals surface area contributed by atoms with Gasteiger partial charge >= 0.3 is 0 Å². The number of amides is 1. The molecular formula is C20H26ClN3O3S. The van der Waals surface area contributed by atoms with Gasteiger partial charge < -0.3 is 9.88 Å². The second-order valence-corrected chi connectivity index (χ2v) is 9.37. The fourth-order valence-corrected chi connectivity index (χ4v) is 5.39. The third-order valence-corrected chi connectivity index (χ3v) is 7.24. The predicted molar refractivity (Wildman–Crippen MR) is 112 cm³/mol. The van der Waals surface area contributed by atoms with Crippen LogP contribution in [-0.2, 0) is 16.4 Å². The monoisotopic (exact) mass is 423 g/mol. The number of likely N-dealkylation sites (tertiary alicyclic amines) is 1. The van der Waals surface area contributed by atoms with Gasteiger partial charge in [0.15, 0.2) is 0 Å². The summed E-state index contributed by atoms with van der Waals surface area (Å²) in [5.41, 5.74) is 2.57. The van der Waals surface area contributed by atoms with Crippen molar-refractivity contribution < 1.29 is 13.2 Å². The minimum absolute atomic E-state index is 0.0187. The molecule has 1 aliphatic rings. The van der Waals surface area contributed by atoms with Gasteiger partial charge in [-0.15, -0.1) is 0 Å². The summed E-state index contributed by atoms with van der Waals surface area (Å²) in [6.45, 7) is 8.07. The summed E-state index contributed by atoms with van der Waals surface area (Å²) >= 11 is 6.13. The lowest BCUT2D eigenvalue weighted by molar-refractivity contribution is 0.0743. The van der Waals surface area contributed by atoms with Gasteiger partial charge in [0.1, 0.15) is 4.90 Å². The lowest BCUT2D eigenvalue weighted by Gasteiger charge is -2.22. The van der Waals surface area contributed by atoms with Crippen molar-refractivity contribution in [3.8, 4) is 0 Å². The second-order valence-electron chi connectivity index (χ2n) is 7.35. The van der Waals surface area contributed by atoms with Crippen LogP contribution in [0.1, 0.15) is 54.0 Å². The minimum Gasteiger partial charge on any atom is -0.361 e. The van der Waals surface area contributed by atoms with Crippen LogP contribution in [0, 0.1) is 13.8 Å². The van der Waals surface area contributed by atoms with Crippen LogP contribution in [0.5, 0.6) is 0 Å². The van der Waals surface area contributed by atoms with E-state index in [0.717, 1.165) is 18.4 Å². The van der Waals surface area contributed by atoms with E-state index in [1.807, 2.05) is 20.8 Å². The van der Waals surface area contributed by atoms with Crippen molar-refractivity contribution in [2.24, 2.45) is 0 Å². The molecule has 1 amide bonds. The van der Waals surface area contributed by atoms with Gasteiger partial charge in [-0.25, -0.2) is 8.42 Å². The minimum atomic E-state index is -3.97. The van der Waals surface area contributed by atoms with E-state index in [2.05, 4.69) is 9.71 Å². The number of hydrogen-bond acceptors (Lipinski definition) is 3. The van der Waals surface area contributed by atoms with Crippen LogP contribution in [0.15, 0.2) is 23.1 Å². The Morgan fingerprint density at radius 2 is 2.07 bits per heavy atom. The third kappa shape index (κ3) is 3.78. The zero-order valence-corrected chi connectivity index (χ0v) is 18.2. The standard InChI is InChI=1S/C20H26ClN3O3S/c1-5-17-18(20(25)24-10-6-7-13(24)3)19(14(4)22-17)28(26,27)23-15-9-8-12(2)16(21)11-15/h8-9,11,13,22-23H,5-7,10H2,1-4H3. The Hall–Kier alpha value is -1.99. The van der Waals surface area contributed by atoms with Gasteiger partial charge in [-0.2, -0.15) is 0 Å². The Kier molecular flexibility index (Phi) is 5.77. The molecule has 1 saturated heterocycles. The largest absolute Gasteiger partial charge is 0.361 e. The number of carbonyl (C=O) groups excluding carboxylic acids is 1. The number of anilines is 1. The number of benzene rings is 1. The van der Waals surface area contributed by atoms with Crippen LogP contribution in [0.2, 0.25) is 5.02 Å². The first-order chi connectivity index (χ1) is 13.2. The summed E-state index contributed by atoms with van der Waals surface area (Å²) in [6.07, 6.45) is 2.40. The number of carbonyl (C=O) groups is 1. The van der Waals surface area contributed by atoms with Crippen molar-refractivity contribution in [2.45, 2.75) is 57.9 Å². The number of aromatic amines is 1. The maximum absolute atomic E-state index is 13.3. The lowest BCUT2D eigenvalue weighted by atomic mass is 10.1. The van der Waals surface area contributed by atoms with Crippen LogP contribution in [0.3, 0.4) is 0 Å². The van der Waals surface area contributed by atoms with Crippen LogP contribution in [0.25, 0.3) is 0 Å². The van der Waals surface area contributed by atoms with E-state index in [4.69, 9.17) is 11.6 Å². The molecule has 2 heterocycles. The Bertz CT molecular complexity index is 1010. The highest BCUT2D eigenvalue weighted by Crippen LogP contribution is 2.31. The summed E-state index contributed by atoms with van der Waals surface area (Å²) in [5, 5.41) is 0.474. The molecule has 0 bridgehead atoms. The van der Waals surface area contributed by atoms with Crippen LogP contribution in [0.4, 0.5) is 5.69 Å². The van der Waals surface area contributed by atoms with E-state index in [1.165, 1.54) is 0 Å². The molecule has 28 heavy (non-hydrogen) atoms. The van der Waals surface area contributed by atoms with Crippen molar-refractivity contribution in [1.82, 2.24) is 9.88 Å². The number of rotatable bonds is 5. The Morgan fingerprint density at radius 1 is 1.36 bits per heavy atom. The summed E-state index contributed by atoms with van der Waals surface area (Å²) in [4.78, 5) is 18.1. The van der Waals surface area contributed by atoms with Gasteiger partial charge in [0.05, 0.1) is 11.3 Å². The fraction of sp³-hybridized carbons (Fsp3) is 0.450. The highest BCUT2D eigenvalue weighted by molar-refractivity contribution is 7.92. The molecule has 2 aromatic rings. The summed E-state index contributed by atoms with van der Waals surface area (Å²) in [6, 6.07) is 5.08. The zero-order valence-electron chi connectivity index (χ0n) is 16.6. The van der Waals surface area contributed by atoms with Crippen molar-refractivity contribution in [3.05, 3.63) is 45.7 Å². The number of halogens is 1. The lowest BCUT2D eigenvalue weighted by Crippen LogP contribution is -2.35. The molecule has 1 aliphatic heterocycles. The number of sulfonamides is 1. The molecule has 3 rings (SSSR count). The van der Waals surface area contributed by atoms with Gasteiger partial charge in [0.25, 0.3) is 15.9 Å². The first-order valence-electron chi connectivity index (χ1n) is 9.47. The Labute approximate surface area is 171 Å². The molecule has 1 fully saturated rings. The SMILES string of the molecule is CCc1[nH]c(C)c(S(=O)(=O)Nc2ccc(C)c(Cl)c2)c1C(=O)N1CCCC1C. The number of hydrogen-bond donors (Lipinski definition) is 2. The van der Waals surface area contributed by atoms with E-state index in [1.54, 1.807) is 30.0 Å². The Morgan fingerprint density at radius 3 is 2.64 bits per heavy atom. The van der Waals surface area contributed by atoms with E-state index < -0.39 is 10.0 Å². The molecule has 0 radical (unpaired) electrons. The molecule has 0 aliphatic carbocycles. The summed E-state index contributed by atoms with van der Waals surface area (Å²) in [5.74, 6) is -0.228. The molecule has 1 aromatic carbocycles. The second kappa shape index (κ2) is 7.79. The predicted octanol–water partition coefficient (Wildman–Crippen LogP) is 4.27. The molecular weight excluding hydrogens is 398 g/mol. The molecule has 0 spiro atoms. The van der Waals surface area contributed by atoms with Gasteiger partial charge in [0, 0.05) is 29.0 Å². The Balaban J connectivity index is 2.06. The maximum Gasteiger partial charge on any atom is 0.264 e. The van der Waals surface area contributed by atoms with E-state index in [0.29, 0.717) is 35.1 Å². The van der Waals surface area contributed by atoms with Crippen LogP contribution >= 0.6 is 11.6 Å². The summed E-state index contributed by atoms with van der Waals surface area (Å²) < 4.78 is 29.0. The number of nitrogens with zero attached hydrogens (tertiary/aromatic N) is 1. The van der Waals surface area contributed by atoms with Crippen LogP contribution in [-0.4, -0.2) is 36.8 Å². The molecule has 8 heteroatoms. The highest BCUT2D eigenvalue weighted by Gasteiger charge is 2.35. The molecule has 1 unspecified atom stereocenters. The smallest absolute Gasteiger partial charge is 0.264 e. The topological polar surface area (TPSA) is 82.3 Å². The fourth-order valence-electron chi connectivity index (χ4n) is 3.74. The van der Waals surface area contributed by atoms with Crippen molar-refractivity contribution in [1.29, 1.82) is 0 Å². The zero-order chi connectivity index (χ0) is 20.6. The maximum atomic E-state index is 13.3. The van der Waals surface area contributed by atoms with Gasteiger partial charge in [-0.1, -0.05) is 24.6 Å². The quantitative estimate of drug-likeness (QED) is 0.753. The van der Waals surface area contributed by atoms with Gasteiger partial charge in [-0.05, 0) is 57.7 Å². The van der Waals surface area contributed by atoms with Crippen molar-refractivity contribution >= 4 is 33.2 Å². The molecule has 2 N–H and O–H groups in total. The third-order valence-electron chi connectivity index (χ3n) is 5.28. The molecule has 1 aromatic heterocycles. The number of aromatic nitrogens is 1. The number of aryl methyl sites for hydroxylation is 3. The molecule has 6 nitrogen and oxygen atoms in total. The average Bonchev–Trinajstić information content (AvgIpc) is 3.20. The van der Waals surface area contributed by atoms with E-state index >= 15 is 0 Å². The first kappa shape index (κ1) is 20.7. The normalized spacial score (nSPS) is 17.2. The summed E-state index contributed by atoms with van der Waals surface area (Å²) in [7, 11) is -3.97. The van der Waals surface area contributed by atoms with Crippen LogP contribution < -0.4 is 4.72 Å². The highest BCUT2D eigenvalue weighted by atomic mass is 35.5. The molecule has 0 saturated carbocycles. The first-order valence-corrected chi connectivity index (χ1v) is 11.3. The average molecular weight is 424 g/mol. The molecule has 1 atom stereocenters. The van der Waals surface area contributed by atoms with E-state index in [-0.39, 0.29) is 22.4 Å². The van der Waals surface area contributed by atoms with Crippen molar-refractivity contribution in [2.75, 3.05) is 11.3 Å².